The molecule has 0 fully saturated rings. The van der Waals surface area contributed by atoms with Gasteiger partial charge < -0.3 is 4.42 Å². The van der Waals surface area contributed by atoms with Crippen LogP contribution in [0.2, 0.25) is 0 Å². The highest BCUT2D eigenvalue weighted by Gasteiger charge is 2.28. The highest BCUT2D eigenvalue weighted by molar-refractivity contribution is 6.11. The van der Waals surface area contributed by atoms with Crippen LogP contribution in [0.25, 0.3) is 133 Å². The second-order valence-electron chi connectivity index (χ2n) is 33.5. The van der Waals surface area contributed by atoms with Gasteiger partial charge in [0.05, 0.1) is 49.4 Å². The summed E-state index contributed by atoms with van der Waals surface area (Å²) < 4.78 is 113. The van der Waals surface area contributed by atoms with Crippen LogP contribution < -0.4 is 22.8 Å². The minimum Gasteiger partial charge on any atom is -0.437 e. The molecule has 10 aromatic carbocycles. The molecule has 0 amide bonds. The molecule has 0 saturated heterocycles. The molecule has 0 atom stereocenters. The van der Waals surface area contributed by atoms with Gasteiger partial charge in [-0.25, -0.2) is 27.8 Å². The van der Waals surface area contributed by atoms with Crippen molar-refractivity contribution < 1.29 is 43.7 Å². The minimum atomic E-state index is -2.36. The predicted octanol–water partition coefficient (Wildman–Crippen LogP) is 25.8. The van der Waals surface area contributed by atoms with Crippen molar-refractivity contribution in [1.82, 2.24) is 4.98 Å². The number of fused-ring (bicyclic) bond motifs is 7. The molecule has 7 nitrogen and oxygen atoms in total. The van der Waals surface area contributed by atoms with Gasteiger partial charge in [-0.05, 0) is 282 Å². The lowest BCUT2D eigenvalue weighted by Crippen LogP contribution is -2.31. The minimum absolute atomic E-state index is 0.0834. The van der Waals surface area contributed by atoms with Crippen LogP contribution in [0.1, 0.15) is 157 Å². The Morgan fingerprint density at radius 2 is 0.761 bits per heavy atom. The summed E-state index contributed by atoms with van der Waals surface area (Å²) in [5.41, 5.74) is 30.1. The molecule has 0 N–H and O–H groups in total. The van der Waals surface area contributed by atoms with Crippen molar-refractivity contribution >= 4 is 65.2 Å². The first-order chi connectivity index (χ1) is 60.5. The number of hydrogen-bond acceptors (Lipinski definition) is 2. The molecule has 117 heavy (non-hydrogen) atoms. The largest absolute Gasteiger partial charge is 0.437 e. The van der Waals surface area contributed by atoms with E-state index in [1.54, 1.807) is 36.0 Å². The summed E-state index contributed by atoms with van der Waals surface area (Å²) in [4.78, 5) is 4.50. The Labute approximate surface area is 712 Å². The van der Waals surface area contributed by atoms with Crippen LogP contribution in [0, 0.1) is 110 Å². The Bertz CT molecular complexity index is 7210. The summed E-state index contributed by atoms with van der Waals surface area (Å²) >= 11 is 0. The molecular formula is C110H119N6O+5. The summed E-state index contributed by atoms with van der Waals surface area (Å²) in [6.45, 7) is 26.8. The van der Waals surface area contributed by atoms with Gasteiger partial charge in [0.25, 0.3) is 0 Å². The van der Waals surface area contributed by atoms with Crippen LogP contribution in [0.4, 0.5) is 0 Å². The standard InChI is InChI=1S/C27H25N2O.C23H28N.C22H26N.2C19H20N/c1-16-13-17(2)25(26-24(16)21-12-11-19(4)28-27(21)30-26)23-14-22(18(3)15-29(23)5)20-9-7-6-8-10-20;1-15-12-16(2)17(3)21(13-15)22-20-9-8-19(23(4,5)6)14-18(20)10-11-24(22)7;1-14(2)18-7-8-20-19(13-18)9-10-23(6)22(20)21-12-15(3)11-16(4)17(21)5;2*1-13-11-14(2)15(3)18(12-13)19-17-8-6-5-7-16(17)9-10-20(19)4/h6-15H,1-5H3;8-14H,1-7H3;7-14H,1-6H3;2*5-12H,1-4H3/q5*+1/i1D3,3D3;2D3;;2D3;. The lowest BCUT2D eigenvalue weighted by atomic mass is 9.85. The molecule has 17 rings (SSSR count). The number of benzene rings is 10. The van der Waals surface area contributed by atoms with Gasteiger partial charge in [0, 0.05) is 68.8 Å². The normalized spacial score (nSPS) is 13.4. The van der Waals surface area contributed by atoms with Crippen LogP contribution in [-0.4, -0.2) is 4.98 Å². The fourth-order valence-corrected chi connectivity index (χ4v) is 16.5. The molecule has 0 saturated carbocycles. The van der Waals surface area contributed by atoms with Gasteiger partial charge in [-0.1, -0.05) is 178 Å². The van der Waals surface area contributed by atoms with Crippen molar-refractivity contribution in [3.63, 3.8) is 0 Å². The van der Waals surface area contributed by atoms with E-state index in [2.05, 4.69) is 266 Å². The highest BCUT2D eigenvalue weighted by Crippen LogP contribution is 2.42. The first-order valence-electron chi connectivity index (χ1n) is 46.4. The fraction of sp³-hybridized carbons (Fsp3) is 0.255. The lowest BCUT2D eigenvalue weighted by Gasteiger charge is -2.20. The molecule has 0 aliphatic carbocycles. The van der Waals surface area contributed by atoms with Crippen molar-refractivity contribution in [2.24, 2.45) is 35.2 Å². The predicted molar refractivity (Wildman–Crippen MR) is 494 cm³/mol. The third-order valence-electron chi connectivity index (χ3n) is 23.2. The SMILES string of the molecule is Cc1cc(C)c(C)c(-c2c3ccc(C(C)C)cc3cc[n+]2C)c1.Cc1cc(C)c(C)c(-c2c3ccccc3cc[n+]2C)c1.[2H]C([2H])([2H])c1c[n+](C)c(-c2c(C)cc(C([2H])([2H])[2H])c3c2oc2nc(C)ccc23)cc1-c1ccccc1.[2H]C([2H])([2H])c1cc(C)cc(-c2c3ccc(C(C)(C)C)cc3cc[n+]2C)c1C.[2H]C([2H])([2H])c1cc(C)cc(-c2c3ccccc3cc[n+]2C)c1C. The topological polar surface area (TPSA) is 45.4 Å². The maximum absolute atomic E-state index is 8.17. The monoisotopic (exact) mass is 1550 g/mol. The van der Waals surface area contributed by atoms with Gasteiger partial charge in [-0.2, -0.15) is 0 Å². The zero-order valence-electron chi connectivity index (χ0n) is 84.3. The number of hydrogen-bond donors (Lipinski definition) is 0. The molecule has 7 heteroatoms. The van der Waals surface area contributed by atoms with Crippen LogP contribution in [0.15, 0.2) is 248 Å². The van der Waals surface area contributed by atoms with E-state index in [4.69, 9.17) is 20.9 Å². The lowest BCUT2D eigenvalue weighted by molar-refractivity contribution is -0.660. The van der Waals surface area contributed by atoms with E-state index in [1.165, 1.54) is 94.0 Å². The summed E-state index contributed by atoms with van der Waals surface area (Å²) in [5, 5.41) is 11.0. The highest BCUT2D eigenvalue weighted by atomic mass is 16.3. The molecule has 0 bridgehead atoms. The van der Waals surface area contributed by atoms with Crippen molar-refractivity contribution in [1.29, 1.82) is 0 Å². The number of aryl methyl sites for hydroxylation is 17. The van der Waals surface area contributed by atoms with E-state index in [1.807, 2.05) is 122 Å². The Balaban J connectivity index is 0.000000140. The molecule has 0 spiro atoms. The van der Waals surface area contributed by atoms with Crippen LogP contribution in [0.3, 0.4) is 0 Å². The molecule has 0 aliphatic heterocycles. The summed E-state index contributed by atoms with van der Waals surface area (Å²) in [5.74, 6) is 0.555. The maximum atomic E-state index is 8.17. The van der Waals surface area contributed by atoms with Crippen molar-refractivity contribution in [2.75, 3.05) is 0 Å². The van der Waals surface area contributed by atoms with E-state index in [0.29, 0.717) is 61.5 Å². The van der Waals surface area contributed by atoms with Crippen molar-refractivity contribution in [3.8, 4) is 67.4 Å². The summed E-state index contributed by atoms with van der Waals surface area (Å²) in [6.07, 6.45) is 10.0. The number of rotatable bonds is 7. The Hall–Kier alpha value is -12.1. The second kappa shape index (κ2) is 34.0. The zero-order chi connectivity index (χ0) is 93.9. The van der Waals surface area contributed by atoms with Crippen molar-refractivity contribution in [2.45, 2.75) is 156 Å². The Morgan fingerprint density at radius 3 is 1.22 bits per heavy atom. The molecular weight excluding hydrogens is 1420 g/mol. The Morgan fingerprint density at radius 1 is 0.350 bits per heavy atom. The fourth-order valence-electron chi connectivity index (χ4n) is 16.5. The number of furan rings is 1. The molecule has 0 unspecified atom stereocenters. The van der Waals surface area contributed by atoms with Gasteiger partial charge in [-0.3, -0.25) is 0 Å². The van der Waals surface area contributed by atoms with E-state index in [0.717, 1.165) is 72.2 Å². The average Bonchev–Trinajstić information content (AvgIpc) is 1.61. The molecule has 7 heterocycles. The van der Waals surface area contributed by atoms with Crippen LogP contribution in [-0.2, 0) is 40.7 Å². The molecule has 17 aromatic rings. The quantitative estimate of drug-likeness (QED) is 0.149. The third-order valence-corrected chi connectivity index (χ3v) is 23.2. The van der Waals surface area contributed by atoms with Gasteiger partial charge in [0.15, 0.2) is 36.6 Å². The molecule has 7 aromatic heterocycles. The van der Waals surface area contributed by atoms with Crippen LogP contribution in [0.5, 0.6) is 0 Å². The smallest absolute Gasteiger partial charge is 0.227 e. The second-order valence-corrected chi connectivity index (χ2v) is 33.5. The van der Waals surface area contributed by atoms with Gasteiger partial charge in [0.1, 0.15) is 35.2 Å². The summed E-state index contributed by atoms with van der Waals surface area (Å²) in [7, 11) is 10.1. The van der Waals surface area contributed by atoms with Gasteiger partial charge in [0.2, 0.25) is 34.2 Å². The molecule has 0 radical (unpaired) electrons. The summed E-state index contributed by atoms with van der Waals surface area (Å²) in [6, 6.07) is 72.3. The zero-order valence-corrected chi connectivity index (χ0v) is 72.3. The average molecular weight is 1550 g/mol. The Kier molecular flexibility index (Phi) is 19.8. The van der Waals surface area contributed by atoms with Crippen LogP contribution >= 0.6 is 0 Å². The number of aromatic nitrogens is 6. The van der Waals surface area contributed by atoms with Crippen molar-refractivity contribution in [3.05, 3.63) is 344 Å². The van der Waals surface area contributed by atoms with E-state index >= 15 is 0 Å². The first-order valence-corrected chi connectivity index (χ1v) is 40.4. The number of pyridine rings is 6. The number of nitrogens with zero attached hydrogens (tertiary/aromatic N) is 6. The first kappa shape index (κ1) is 68.2. The van der Waals surface area contributed by atoms with E-state index in [9.17, 15) is 0 Å². The van der Waals surface area contributed by atoms with Gasteiger partial charge >= 0.3 is 0 Å². The molecule has 590 valence electrons. The maximum Gasteiger partial charge on any atom is 0.227 e. The van der Waals surface area contributed by atoms with E-state index < -0.39 is 27.4 Å². The third kappa shape index (κ3) is 17.2. The van der Waals surface area contributed by atoms with Gasteiger partial charge in [-0.15, -0.1) is 0 Å². The molecule has 0 aliphatic rings. The van der Waals surface area contributed by atoms with E-state index in [-0.39, 0.29) is 16.5 Å².